The van der Waals surface area contributed by atoms with E-state index in [1.807, 2.05) is 25.1 Å². The number of carbonyl (C=O) groups excluding carboxylic acids is 1. The molecule has 3 N–H and O–H groups in total. The summed E-state index contributed by atoms with van der Waals surface area (Å²) in [4.78, 5) is 11.3. The van der Waals surface area contributed by atoms with E-state index in [0.717, 1.165) is 10.0 Å². The molecule has 6 heteroatoms. The fourth-order valence-corrected chi connectivity index (χ4v) is 1.68. The fourth-order valence-electron chi connectivity index (χ4n) is 1.34. The van der Waals surface area contributed by atoms with Crippen molar-refractivity contribution in [1.29, 1.82) is 5.26 Å². The van der Waals surface area contributed by atoms with Crippen LogP contribution in [0.4, 0.5) is 0 Å². The molecule has 0 aliphatic carbocycles. The number of amides is 1. The zero-order valence-corrected chi connectivity index (χ0v) is 11.5. The Kier molecular flexibility index (Phi) is 5.62. The van der Waals surface area contributed by atoms with E-state index in [1.54, 1.807) is 6.07 Å². The van der Waals surface area contributed by atoms with Crippen LogP contribution in [0.15, 0.2) is 22.7 Å². The average molecular weight is 312 g/mol. The van der Waals surface area contributed by atoms with Crippen LogP contribution < -0.4 is 15.8 Å². The SMILES string of the molecule is C[C@H](N)c1ccc(Br)cc1OCC(=O)NCC#N. The van der Waals surface area contributed by atoms with Gasteiger partial charge in [0.1, 0.15) is 12.3 Å². The van der Waals surface area contributed by atoms with Gasteiger partial charge in [0.05, 0.1) is 6.07 Å². The molecule has 0 aliphatic rings. The Morgan fingerprint density at radius 3 is 3.00 bits per heavy atom. The minimum atomic E-state index is -0.341. The van der Waals surface area contributed by atoms with E-state index >= 15 is 0 Å². The molecule has 0 saturated heterocycles. The van der Waals surface area contributed by atoms with Crippen LogP contribution in [-0.4, -0.2) is 19.1 Å². The van der Waals surface area contributed by atoms with Gasteiger partial charge in [0, 0.05) is 16.1 Å². The molecule has 1 atom stereocenters. The molecule has 0 heterocycles. The highest BCUT2D eigenvalue weighted by atomic mass is 79.9. The predicted molar refractivity (Wildman–Crippen MR) is 70.9 cm³/mol. The van der Waals surface area contributed by atoms with E-state index < -0.39 is 0 Å². The van der Waals surface area contributed by atoms with Gasteiger partial charge in [0.15, 0.2) is 6.61 Å². The Hall–Kier alpha value is -1.58. The minimum Gasteiger partial charge on any atom is -0.483 e. The summed E-state index contributed by atoms with van der Waals surface area (Å²) < 4.78 is 6.25. The first kappa shape index (κ1) is 14.5. The van der Waals surface area contributed by atoms with Crippen molar-refractivity contribution in [3.63, 3.8) is 0 Å². The number of rotatable bonds is 5. The maximum Gasteiger partial charge on any atom is 0.258 e. The largest absolute Gasteiger partial charge is 0.483 e. The van der Waals surface area contributed by atoms with Crippen molar-refractivity contribution in [2.45, 2.75) is 13.0 Å². The molecule has 0 radical (unpaired) electrons. The Labute approximate surface area is 114 Å². The molecule has 18 heavy (non-hydrogen) atoms. The number of nitrogens with two attached hydrogens (primary N) is 1. The van der Waals surface area contributed by atoms with Gasteiger partial charge in [-0.2, -0.15) is 5.26 Å². The molecule has 0 fully saturated rings. The van der Waals surface area contributed by atoms with E-state index in [-0.39, 0.29) is 25.1 Å². The van der Waals surface area contributed by atoms with Gasteiger partial charge in [-0.25, -0.2) is 0 Å². The Bertz CT molecular complexity index is 469. The quantitative estimate of drug-likeness (QED) is 0.806. The van der Waals surface area contributed by atoms with Crippen LogP contribution >= 0.6 is 15.9 Å². The summed E-state index contributed by atoms with van der Waals surface area (Å²) in [6.07, 6.45) is 0. The van der Waals surface area contributed by atoms with Crippen LogP contribution in [0.25, 0.3) is 0 Å². The summed E-state index contributed by atoms with van der Waals surface area (Å²) in [5.74, 6) is 0.221. The molecule has 96 valence electrons. The lowest BCUT2D eigenvalue weighted by Gasteiger charge is -2.14. The summed E-state index contributed by atoms with van der Waals surface area (Å²) >= 11 is 3.33. The summed E-state index contributed by atoms with van der Waals surface area (Å²) in [7, 11) is 0. The van der Waals surface area contributed by atoms with Crippen molar-refractivity contribution in [2.75, 3.05) is 13.2 Å². The Balaban J connectivity index is 2.69. The van der Waals surface area contributed by atoms with E-state index in [2.05, 4.69) is 21.2 Å². The highest BCUT2D eigenvalue weighted by Crippen LogP contribution is 2.27. The van der Waals surface area contributed by atoms with Gasteiger partial charge in [0.2, 0.25) is 0 Å². The summed E-state index contributed by atoms with van der Waals surface area (Å²) in [5, 5.41) is 10.7. The van der Waals surface area contributed by atoms with Crippen LogP contribution in [0.1, 0.15) is 18.5 Å². The monoisotopic (exact) mass is 311 g/mol. The Morgan fingerprint density at radius 2 is 2.39 bits per heavy atom. The highest BCUT2D eigenvalue weighted by Gasteiger charge is 2.10. The molecule has 0 bridgehead atoms. The van der Waals surface area contributed by atoms with Crippen LogP contribution in [0.2, 0.25) is 0 Å². The van der Waals surface area contributed by atoms with Gasteiger partial charge in [-0.3, -0.25) is 4.79 Å². The van der Waals surface area contributed by atoms with Gasteiger partial charge in [-0.1, -0.05) is 22.0 Å². The van der Waals surface area contributed by atoms with Gasteiger partial charge in [-0.15, -0.1) is 0 Å². The molecule has 0 aromatic heterocycles. The van der Waals surface area contributed by atoms with E-state index in [4.69, 9.17) is 15.7 Å². The topological polar surface area (TPSA) is 88.1 Å². The number of hydrogen-bond donors (Lipinski definition) is 2. The first-order valence-electron chi connectivity index (χ1n) is 5.36. The van der Waals surface area contributed by atoms with Crippen molar-refractivity contribution in [1.82, 2.24) is 5.32 Å². The van der Waals surface area contributed by atoms with Gasteiger partial charge < -0.3 is 15.8 Å². The van der Waals surface area contributed by atoms with Crippen LogP contribution in [0, 0.1) is 11.3 Å². The van der Waals surface area contributed by atoms with Gasteiger partial charge in [0.25, 0.3) is 5.91 Å². The second kappa shape index (κ2) is 6.99. The number of nitrogens with one attached hydrogen (secondary N) is 1. The fraction of sp³-hybridized carbons (Fsp3) is 0.333. The molecule has 5 nitrogen and oxygen atoms in total. The zero-order valence-electron chi connectivity index (χ0n) is 9.94. The summed E-state index contributed by atoms with van der Waals surface area (Å²) in [6, 6.07) is 7.10. The number of halogens is 1. The first-order chi connectivity index (χ1) is 8.54. The number of carbonyl (C=O) groups is 1. The van der Waals surface area contributed by atoms with Crippen LogP contribution in [0.5, 0.6) is 5.75 Å². The molecule has 0 saturated carbocycles. The molecular weight excluding hydrogens is 298 g/mol. The van der Waals surface area contributed by atoms with E-state index in [1.165, 1.54) is 0 Å². The lowest BCUT2D eigenvalue weighted by atomic mass is 10.1. The van der Waals surface area contributed by atoms with Crippen molar-refractivity contribution < 1.29 is 9.53 Å². The van der Waals surface area contributed by atoms with Gasteiger partial charge >= 0.3 is 0 Å². The lowest BCUT2D eigenvalue weighted by molar-refractivity contribution is -0.122. The third-order valence-corrected chi connectivity index (χ3v) is 2.68. The van der Waals surface area contributed by atoms with Gasteiger partial charge in [-0.05, 0) is 19.1 Å². The third kappa shape index (κ3) is 4.35. The Morgan fingerprint density at radius 1 is 1.67 bits per heavy atom. The number of nitrogens with zero attached hydrogens (tertiary/aromatic N) is 1. The zero-order chi connectivity index (χ0) is 13.5. The number of benzene rings is 1. The molecule has 1 rings (SSSR count). The average Bonchev–Trinajstić information content (AvgIpc) is 2.33. The minimum absolute atomic E-state index is 0.0270. The van der Waals surface area contributed by atoms with Crippen molar-refractivity contribution in [3.05, 3.63) is 28.2 Å². The third-order valence-electron chi connectivity index (χ3n) is 2.19. The maximum atomic E-state index is 11.3. The molecule has 0 unspecified atom stereocenters. The van der Waals surface area contributed by atoms with Crippen LogP contribution in [-0.2, 0) is 4.79 Å². The second-order valence-electron chi connectivity index (χ2n) is 3.69. The predicted octanol–water partition coefficient (Wildman–Crippen LogP) is 1.49. The number of ether oxygens (including phenoxy) is 1. The number of nitriles is 1. The standard InChI is InChI=1S/C12H14BrN3O2/c1-8(15)10-3-2-9(13)6-11(10)18-7-12(17)16-5-4-14/h2-3,6,8H,5,7,15H2,1H3,(H,16,17)/t8-/m0/s1. The number of hydrogen-bond acceptors (Lipinski definition) is 4. The summed E-state index contributed by atoms with van der Waals surface area (Å²) in [5.41, 5.74) is 6.64. The van der Waals surface area contributed by atoms with Crippen molar-refractivity contribution in [3.8, 4) is 11.8 Å². The highest BCUT2D eigenvalue weighted by molar-refractivity contribution is 9.10. The molecule has 1 aromatic rings. The molecular formula is C12H14BrN3O2. The maximum absolute atomic E-state index is 11.3. The first-order valence-corrected chi connectivity index (χ1v) is 6.15. The second-order valence-corrected chi connectivity index (χ2v) is 4.61. The normalized spacial score (nSPS) is 11.4. The van der Waals surface area contributed by atoms with E-state index in [0.29, 0.717) is 5.75 Å². The lowest BCUT2D eigenvalue weighted by Crippen LogP contribution is -2.29. The smallest absolute Gasteiger partial charge is 0.258 e. The van der Waals surface area contributed by atoms with Crippen molar-refractivity contribution in [2.24, 2.45) is 5.73 Å². The molecule has 1 amide bonds. The van der Waals surface area contributed by atoms with Crippen LogP contribution in [0.3, 0.4) is 0 Å². The van der Waals surface area contributed by atoms with Crippen molar-refractivity contribution >= 4 is 21.8 Å². The van der Waals surface area contributed by atoms with E-state index in [9.17, 15) is 4.79 Å². The molecule has 0 aliphatic heterocycles. The summed E-state index contributed by atoms with van der Waals surface area (Å²) in [6.45, 7) is 1.67. The molecule has 1 aromatic carbocycles. The molecule has 0 spiro atoms.